The molecule has 0 bridgehead atoms. The van der Waals surface area contributed by atoms with E-state index in [-0.39, 0.29) is 18.5 Å². The molecule has 93 heavy (non-hydrogen) atoms. The maximum absolute atomic E-state index is 13.0. The van der Waals surface area contributed by atoms with Gasteiger partial charge in [-0.3, -0.25) is 9.59 Å². The Hall–Kier alpha value is -2.90. The van der Waals surface area contributed by atoms with Gasteiger partial charge in [-0.1, -0.05) is 324 Å². The molecule has 0 aromatic carbocycles. The van der Waals surface area contributed by atoms with Crippen LogP contribution in [0.3, 0.4) is 0 Å². The number of unbranched alkanes of at least 4 members (excludes halogenated alkanes) is 47. The minimum atomic E-state index is -1.58. The quantitative estimate of drug-likeness (QED) is 0.0195. The number of amides is 1. The van der Waals surface area contributed by atoms with E-state index in [1.807, 2.05) is 19.1 Å². The highest BCUT2D eigenvalue weighted by Crippen LogP contribution is 2.24. The van der Waals surface area contributed by atoms with E-state index in [9.17, 15) is 35.1 Å². The zero-order chi connectivity index (χ0) is 67.2. The Balaban J connectivity index is 1.86. The second-order valence-electron chi connectivity index (χ2n) is 27.4. The topological polar surface area (TPSA) is 175 Å². The Bertz CT molecular complexity index is 1780. The lowest BCUT2D eigenvalue weighted by molar-refractivity contribution is -0.302. The molecule has 542 valence electrons. The highest BCUT2D eigenvalue weighted by Gasteiger charge is 2.44. The smallest absolute Gasteiger partial charge is 0.305 e. The van der Waals surface area contributed by atoms with E-state index in [0.29, 0.717) is 19.4 Å². The van der Waals surface area contributed by atoms with E-state index in [4.69, 9.17) is 14.2 Å². The molecule has 0 aliphatic carbocycles. The molecule has 11 nitrogen and oxygen atoms in total. The van der Waals surface area contributed by atoms with Crippen LogP contribution in [0.5, 0.6) is 0 Å². The van der Waals surface area contributed by atoms with Crippen LogP contribution in [-0.2, 0) is 23.8 Å². The molecule has 0 saturated carbocycles. The van der Waals surface area contributed by atoms with Gasteiger partial charge in [0.05, 0.1) is 32.0 Å². The molecule has 1 aliphatic rings. The zero-order valence-corrected chi connectivity index (χ0v) is 60.5. The minimum Gasteiger partial charge on any atom is -0.466 e. The third-order valence-electron chi connectivity index (χ3n) is 18.6. The predicted octanol–water partition coefficient (Wildman–Crippen LogP) is 21.4. The zero-order valence-electron chi connectivity index (χ0n) is 60.5. The van der Waals surface area contributed by atoms with E-state index >= 15 is 0 Å². The monoisotopic (exact) mass is 1310 g/mol. The number of nitrogens with one attached hydrogen (secondary N) is 1. The van der Waals surface area contributed by atoms with E-state index < -0.39 is 49.5 Å². The van der Waals surface area contributed by atoms with Gasteiger partial charge in [0.2, 0.25) is 5.91 Å². The van der Waals surface area contributed by atoms with E-state index in [0.717, 1.165) is 70.6 Å². The SMILES string of the molecule is C/C=C/CC/C=C/CC/C=C/C(O)C(COC1OC(CO)C(O)C(O)C1O)NC(=O)CCCCCCCCCCCCCCCCCCC/C=C\C/C=C\CCCCCCCCCCCCCCCCCOC(=O)CCCCCCCCC/C=C\CCCCCCCC. The number of hydrogen-bond acceptors (Lipinski definition) is 10. The summed E-state index contributed by atoms with van der Waals surface area (Å²) in [5.41, 5.74) is 0. The van der Waals surface area contributed by atoms with E-state index in [1.165, 1.54) is 276 Å². The maximum Gasteiger partial charge on any atom is 0.305 e. The highest BCUT2D eigenvalue weighted by atomic mass is 16.7. The van der Waals surface area contributed by atoms with Gasteiger partial charge in [0.15, 0.2) is 6.29 Å². The molecule has 1 fully saturated rings. The lowest BCUT2D eigenvalue weighted by atomic mass is 9.99. The summed E-state index contributed by atoms with van der Waals surface area (Å²) >= 11 is 0. The van der Waals surface area contributed by atoms with Gasteiger partial charge < -0.3 is 45.1 Å². The Morgan fingerprint density at radius 2 is 0.774 bits per heavy atom. The third-order valence-corrected chi connectivity index (χ3v) is 18.6. The van der Waals surface area contributed by atoms with Crippen LogP contribution in [0, 0.1) is 0 Å². The van der Waals surface area contributed by atoms with Gasteiger partial charge in [0.1, 0.15) is 24.4 Å². The second kappa shape index (κ2) is 70.4. The number of ether oxygens (including phenoxy) is 3. The molecule has 7 unspecified atom stereocenters. The molecule has 11 heteroatoms. The van der Waals surface area contributed by atoms with Crippen molar-refractivity contribution < 1.29 is 49.3 Å². The minimum absolute atomic E-state index is 0.0110. The summed E-state index contributed by atoms with van der Waals surface area (Å²) in [6, 6.07) is -0.832. The number of carbonyl (C=O) groups excluding carboxylic acids is 2. The van der Waals surface area contributed by atoms with Crippen LogP contribution in [0.2, 0.25) is 0 Å². The molecule has 0 radical (unpaired) electrons. The number of aliphatic hydroxyl groups is 5. The summed E-state index contributed by atoms with van der Waals surface area (Å²) in [4.78, 5) is 25.1. The van der Waals surface area contributed by atoms with E-state index in [1.54, 1.807) is 6.08 Å². The first kappa shape index (κ1) is 88.1. The Labute approximate surface area is 572 Å². The average Bonchev–Trinajstić information content (AvgIpc) is 1.06. The van der Waals surface area contributed by atoms with Crippen molar-refractivity contribution in [3.8, 4) is 0 Å². The van der Waals surface area contributed by atoms with Gasteiger partial charge in [-0.15, -0.1) is 0 Å². The standard InChI is InChI=1S/C82H149NO10/c1-3-5-7-9-11-13-14-15-16-40-44-47-50-54-58-62-66-70-78(87)91-71-67-63-59-55-51-48-45-42-39-37-35-33-31-29-27-25-23-21-19-17-18-20-22-24-26-28-30-32-34-36-38-41-43-46-49-53-57-61-65-69-77(86)83-74(75(85)68-64-60-56-52-12-10-8-6-4-2)73-92-82-81(90)80(89)79(88)76(72-84)93-82/h4,6,12,15-18,21,23,52,64,68,74-76,79-82,84-85,88-90H,3,5,7-11,13-14,19-20,22,24-51,53-63,65-67,69-73H2,1-2H3,(H,83,86)/b6-4+,16-15-,18-17-,23-21-,52-12+,68-64+. The number of rotatable bonds is 70. The molecule has 1 saturated heterocycles. The fourth-order valence-corrected chi connectivity index (χ4v) is 12.4. The summed E-state index contributed by atoms with van der Waals surface area (Å²) in [6.07, 6.45) is 87.0. The van der Waals surface area contributed by atoms with E-state index in [2.05, 4.69) is 66.9 Å². The molecule has 1 rings (SSSR count). The van der Waals surface area contributed by atoms with Crippen molar-refractivity contribution in [3.05, 3.63) is 72.9 Å². The van der Waals surface area contributed by atoms with Crippen LogP contribution < -0.4 is 5.32 Å². The lowest BCUT2D eigenvalue weighted by Gasteiger charge is -2.40. The van der Waals surface area contributed by atoms with Crippen molar-refractivity contribution in [1.29, 1.82) is 0 Å². The number of esters is 1. The first-order chi connectivity index (χ1) is 45.7. The largest absolute Gasteiger partial charge is 0.466 e. The number of aliphatic hydroxyl groups excluding tert-OH is 5. The molecule has 0 aromatic heterocycles. The summed E-state index contributed by atoms with van der Waals surface area (Å²) in [7, 11) is 0. The van der Waals surface area contributed by atoms with Crippen molar-refractivity contribution in [1.82, 2.24) is 5.32 Å². The second-order valence-corrected chi connectivity index (χ2v) is 27.4. The summed E-state index contributed by atoms with van der Waals surface area (Å²) < 4.78 is 16.7. The van der Waals surface area contributed by atoms with Gasteiger partial charge in [-0.25, -0.2) is 0 Å². The van der Waals surface area contributed by atoms with Crippen molar-refractivity contribution >= 4 is 11.9 Å². The van der Waals surface area contributed by atoms with Crippen LogP contribution in [0.1, 0.15) is 373 Å². The predicted molar refractivity (Wildman–Crippen MR) is 393 cm³/mol. The van der Waals surface area contributed by atoms with Gasteiger partial charge in [-0.2, -0.15) is 0 Å². The lowest BCUT2D eigenvalue weighted by Crippen LogP contribution is -2.60. The molecule has 1 heterocycles. The first-order valence-electron chi connectivity index (χ1n) is 39.7. The van der Waals surface area contributed by atoms with Crippen molar-refractivity contribution in [2.75, 3.05) is 19.8 Å². The van der Waals surface area contributed by atoms with Gasteiger partial charge >= 0.3 is 5.97 Å². The van der Waals surface area contributed by atoms with Crippen LogP contribution in [-0.4, -0.2) is 100 Å². The molecule has 1 aliphatic heterocycles. The van der Waals surface area contributed by atoms with Gasteiger partial charge in [0.25, 0.3) is 0 Å². The Morgan fingerprint density at radius 1 is 0.419 bits per heavy atom. The molecular weight excluding hydrogens is 1160 g/mol. The van der Waals surface area contributed by atoms with Crippen LogP contribution in [0.15, 0.2) is 72.9 Å². The molecule has 0 spiro atoms. The maximum atomic E-state index is 13.0. The summed E-state index contributed by atoms with van der Waals surface area (Å²) in [5.74, 6) is -0.185. The van der Waals surface area contributed by atoms with Crippen LogP contribution >= 0.6 is 0 Å². The molecular formula is C82H149NO10. The van der Waals surface area contributed by atoms with Crippen LogP contribution in [0.25, 0.3) is 0 Å². The van der Waals surface area contributed by atoms with Crippen molar-refractivity contribution in [2.45, 2.75) is 416 Å². The third kappa shape index (κ3) is 58.9. The molecule has 7 atom stereocenters. The Morgan fingerprint density at radius 3 is 1.19 bits per heavy atom. The fraction of sp³-hybridized carbons (Fsp3) is 0.829. The average molecular weight is 1310 g/mol. The number of hydrogen-bond donors (Lipinski definition) is 6. The first-order valence-corrected chi connectivity index (χ1v) is 39.7. The summed E-state index contributed by atoms with van der Waals surface area (Å²) in [5, 5.41) is 54.3. The molecule has 1 amide bonds. The molecule has 6 N–H and O–H groups in total. The number of allylic oxidation sites excluding steroid dienone is 11. The molecule has 0 aromatic rings. The van der Waals surface area contributed by atoms with Crippen LogP contribution in [0.4, 0.5) is 0 Å². The Kier molecular flexibility index (Phi) is 66.7. The van der Waals surface area contributed by atoms with Gasteiger partial charge in [-0.05, 0) is 110 Å². The van der Waals surface area contributed by atoms with Crippen molar-refractivity contribution in [3.63, 3.8) is 0 Å². The normalized spacial score (nSPS) is 17.9. The fourth-order valence-electron chi connectivity index (χ4n) is 12.4. The highest BCUT2D eigenvalue weighted by molar-refractivity contribution is 5.76. The summed E-state index contributed by atoms with van der Waals surface area (Å²) in [6.45, 7) is 4.12. The van der Waals surface area contributed by atoms with Gasteiger partial charge in [0, 0.05) is 12.8 Å². The number of carbonyl (C=O) groups is 2. The van der Waals surface area contributed by atoms with Crippen molar-refractivity contribution in [2.24, 2.45) is 0 Å².